The average molecular weight is 435 g/mol. The van der Waals surface area contributed by atoms with Crippen LogP contribution in [0, 0.1) is 0 Å². The number of anilines is 1. The molecule has 2 aliphatic rings. The van der Waals surface area contributed by atoms with Crippen molar-refractivity contribution in [2.75, 3.05) is 31.1 Å². The number of likely N-dealkylation sites (tertiary alicyclic amines) is 1. The summed E-state index contributed by atoms with van der Waals surface area (Å²) in [6.45, 7) is 11.8. The number of aromatic nitrogens is 1. The molecule has 0 N–H and O–H groups in total. The van der Waals surface area contributed by atoms with E-state index in [1.54, 1.807) is 13.0 Å². The van der Waals surface area contributed by atoms with Crippen LogP contribution in [0.1, 0.15) is 31.7 Å². The minimum Gasteiger partial charge on any atom is -0.360 e. The van der Waals surface area contributed by atoms with Crippen LogP contribution in [-0.4, -0.2) is 53.7 Å². The van der Waals surface area contributed by atoms with Crippen molar-refractivity contribution in [2.45, 2.75) is 44.1 Å². The van der Waals surface area contributed by atoms with Gasteiger partial charge in [0.1, 0.15) is 6.10 Å². The molecule has 1 aromatic rings. The maximum Gasteiger partial charge on any atom is 0.417 e. The molecule has 0 radical (unpaired) electrons. The number of hydrogen-bond acceptors (Lipinski definition) is 4. The summed E-state index contributed by atoms with van der Waals surface area (Å²) < 4.78 is 45.5. The van der Waals surface area contributed by atoms with E-state index in [0.717, 1.165) is 43.9 Å². The Morgan fingerprint density at radius 3 is 2.65 bits per heavy atom. The summed E-state index contributed by atoms with van der Waals surface area (Å²) in [5.74, 6) is -0.348. The summed E-state index contributed by atoms with van der Waals surface area (Å²) in [5.41, 5.74) is -0.170. The number of nitrogens with zero attached hydrogens (tertiary/aromatic N) is 3. The molecule has 1 unspecified atom stereocenters. The van der Waals surface area contributed by atoms with Gasteiger partial charge < -0.3 is 14.5 Å². The molecule has 1 aromatic heterocycles. The second kappa shape index (κ2) is 9.36. The number of carbonyl (C=O) groups is 1. The molecule has 0 aliphatic carbocycles. The standard InChI is InChI=1S/C23H28F3N3O2/c1-4-6-18(5-2)7-10-28-11-8-22(9-12-28)16-29(21(30)17(3)31-22)20-13-19(14-27-15-20)23(24,25)26/h4-6,13-15,17H,1-2,7-12,16H2,3H3/b18-6+. The number of pyridine rings is 1. The van der Waals surface area contributed by atoms with Crippen LogP contribution in [0.3, 0.4) is 0 Å². The van der Waals surface area contributed by atoms with Gasteiger partial charge in [0.15, 0.2) is 0 Å². The van der Waals surface area contributed by atoms with E-state index in [9.17, 15) is 18.0 Å². The van der Waals surface area contributed by atoms with Crippen molar-refractivity contribution in [1.82, 2.24) is 9.88 Å². The zero-order valence-corrected chi connectivity index (χ0v) is 17.7. The van der Waals surface area contributed by atoms with Crippen molar-refractivity contribution in [3.05, 3.63) is 61.0 Å². The quantitative estimate of drug-likeness (QED) is 0.623. The maximum absolute atomic E-state index is 13.1. The van der Waals surface area contributed by atoms with Crippen LogP contribution < -0.4 is 4.90 Å². The molecule has 1 spiro atoms. The minimum absolute atomic E-state index is 0.155. The van der Waals surface area contributed by atoms with Crippen molar-refractivity contribution in [2.24, 2.45) is 0 Å². The molecule has 1 atom stereocenters. The van der Waals surface area contributed by atoms with Crippen molar-refractivity contribution >= 4 is 11.6 Å². The molecule has 2 saturated heterocycles. The van der Waals surface area contributed by atoms with Crippen molar-refractivity contribution in [3.8, 4) is 0 Å². The minimum atomic E-state index is -4.52. The first-order valence-corrected chi connectivity index (χ1v) is 10.4. The number of allylic oxidation sites excluding steroid dienone is 3. The van der Waals surface area contributed by atoms with Gasteiger partial charge in [-0.25, -0.2) is 0 Å². The highest BCUT2D eigenvalue weighted by Crippen LogP contribution is 2.37. The molecule has 2 fully saturated rings. The highest BCUT2D eigenvalue weighted by atomic mass is 19.4. The van der Waals surface area contributed by atoms with Crippen LogP contribution in [0.2, 0.25) is 0 Å². The monoisotopic (exact) mass is 435 g/mol. The highest BCUT2D eigenvalue weighted by molar-refractivity contribution is 5.97. The Bertz CT molecular complexity index is 858. The van der Waals surface area contributed by atoms with Crippen LogP contribution in [-0.2, 0) is 15.7 Å². The van der Waals surface area contributed by atoms with E-state index in [-0.39, 0.29) is 18.1 Å². The Labute approximate surface area is 180 Å². The lowest BCUT2D eigenvalue weighted by molar-refractivity contribution is -0.161. The summed E-state index contributed by atoms with van der Waals surface area (Å²) in [5, 5.41) is 0. The molecule has 2 aliphatic heterocycles. The summed E-state index contributed by atoms with van der Waals surface area (Å²) in [4.78, 5) is 20.1. The van der Waals surface area contributed by atoms with Crippen molar-refractivity contribution in [3.63, 3.8) is 0 Å². The molecule has 31 heavy (non-hydrogen) atoms. The third-order valence-electron chi connectivity index (χ3n) is 5.93. The summed E-state index contributed by atoms with van der Waals surface area (Å²) in [7, 11) is 0. The number of morpholine rings is 1. The molecule has 3 rings (SSSR count). The van der Waals surface area contributed by atoms with E-state index in [0.29, 0.717) is 12.8 Å². The van der Waals surface area contributed by atoms with Crippen LogP contribution in [0.15, 0.2) is 55.4 Å². The third kappa shape index (κ3) is 5.43. The fraction of sp³-hybridized carbons (Fsp3) is 0.478. The van der Waals surface area contributed by atoms with Crippen LogP contribution >= 0.6 is 0 Å². The average Bonchev–Trinajstić information content (AvgIpc) is 2.74. The molecule has 0 bridgehead atoms. The lowest BCUT2D eigenvalue weighted by Crippen LogP contribution is -2.61. The molecule has 0 aromatic carbocycles. The number of ether oxygens (including phenoxy) is 1. The Morgan fingerprint density at radius 2 is 2.03 bits per heavy atom. The zero-order valence-electron chi connectivity index (χ0n) is 17.7. The topological polar surface area (TPSA) is 45.7 Å². The Balaban J connectivity index is 1.70. The Hall–Kier alpha value is -2.45. The first-order chi connectivity index (χ1) is 14.7. The van der Waals surface area contributed by atoms with Gasteiger partial charge in [0.25, 0.3) is 5.91 Å². The molecule has 168 valence electrons. The molecule has 5 nitrogen and oxygen atoms in total. The van der Waals surface area contributed by atoms with E-state index < -0.39 is 23.4 Å². The maximum atomic E-state index is 13.1. The van der Waals surface area contributed by atoms with Gasteiger partial charge in [-0.15, -0.1) is 0 Å². The van der Waals surface area contributed by atoms with Gasteiger partial charge in [-0.2, -0.15) is 13.2 Å². The number of hydrogen-bond donors (Lipinski definition) is 0. The lowest BCUT2D eigenvalue weighted by Gasteiger charge is -2.49. The fourth-order valence-corrected chi connectivity index (χ4v) is 4.15. The van der Waals surface area contributed by atoms with Gasteiger partial charge in [-0.05, 0) is 37.8 Å². The SMILES string of the molecule is C=C/C=C(\C=C)CCN1CCC2(CC1)CN(c1cncc(C(F)(F)F)c1)C(=O)C(C)O2. The Morgan fingerprint density at radius 1 is 1.32 bits per heavy atom. The van der Waals surface area contributed by atoms with E-state index in [2.05, 4.69) is 23.0 Å². The van der Waals surface area contributed by atoms with E-state index in [1.165, 1.54) is 11.1 Å². The van der Waals surface area contributed by atoms with E-state index >= 15 is 0 Å². The zero-order chi connectivity index (χ0) is 22.6. The largest absolute Gasteiger partial charge is 0.417 e. The normalized spacial score (nSPS) is 22.6. The lowest BCUT2D eigenvalue weighted by atomic mass is 9.88. The number of rotatable bonds is 6. The first kappa shape index (κ1) is 23.2. The number of amides is 1. The van der Waals surface area contributed by atoms with E-state index in [1.807, 2.05) is 12.2 Å². The van der Waals surface area contributed by atoms with Crippen molar-refractivity contribution < 1.29 is 22.7 Å². The third-order valence-corrected chi connectivity index (χ3v) is 5.93. The number of halogens is 3. The van der Waals surface area contributed by atoms with Gasteiger partial charge in [0.2, 0.25) is 0 Å². The summed E-state index contributed by atoms with van der Waals surface area (Å²) in [6.07, 6.45) is 4.59. The number of carbonyl (C=O) groups excluding carboxylic acids is 1. The van der Waals surface area contributed by atoms with Gasteiger partial charge in [-0.1, -0.05) is 31.4 Å². The molecule has 3 heterocycles. The first-order valence-electron chi connectivity index (χ1n) is 10.4. The molecule has 0 saturated carbocycles. The van der Waals surface area contributed by atoms with Crippen molar-refractivity contribution in [1.29, 1.82) is 0 Å². The summed E-state index contributed by atoms with van der Waals surface area (Å²) >= 11 is 0. The highest BCUT2D eigenvalue weighted by Gasteiger charge is 2.46. The van der Waals surface area contributed by atoms with Crippen LogP contribution in [0.25, 0.3) is 0 Å². The molecule has 1 amide bonds. The van der Waals surface area contributed by atoms with Gasteiger partial charge in [0, 0.05) is 25.8 Å². The number of alkyl halides is 3. The fourth-order valence-electron chi connectivity index (χ4n) is 4.15. The second-order valence-electron chi connectivity index (χ2n) is 8.07. The number of piperidine rings is 1. The Kier molecular flexibility index (Phi) is 7.01. The summed E-state index contributed by atoms with van der Waals surface area (Å²) in [6, 6.07) is 0.981. The smallest absolute Gasteiger partial charge is 0.360 e. The van der Waals surface area contributed by atoms with Crippen LogP contribution in [0.5, 0.6) is 0 Å². The van der Waals surface area contributed by atoms with Gasteiger partial charge >= 0.3 is 6.18 Å². The second-order valence-corrected chi connectivity index (χ2v) is 8.07. The van der Waals surface area contributed by atoms with Crippen LogP contribution in [0.4, 0.5) is 18.9 Å². The molecular weight excluding hydrogens is 407 g/mol. The van der Waals surface area contributed by atoms with Gasteiger partial charge in [-0.3, -0.25) is 9.78 Å². The molecular formula is C23H28F3N3O2. The predicted octanol–water partition coefficient (Wildman–Crippen LogP) is 4.38. The molecule has 8 heteroatoms. The predicted molar refractivity (Wildman–Crippen MR) is 114 cm³/mol. The van der Waals surface area contributed by atoms with E-state index in [4.69, 9.17) is 4.74 Å². The van der Waals surface area contributed by atoms with Gasteiger partial charge in [0.05, 0.1) is 29.6 Å².